The number of benzene rings is 2. The number of aromatic nitrogens is 2. The third-order valence-corrected chi connectivity index (χ3v) is 5.81. The van der Waals surface area contributed by atoms with E-state index in [2.05, 4.69) is 9.97 Å². The number of halogens is 6. The van der Waals surface area contributed by atoms with E-state index in [4.69, 9.17) is 9.47 Å². The van der Waals surface area contributed by atoms with Gasteiger partial charge in [0.1, 0.15) is 5.82 Å². The van der Waals surface area contributed by atoms with E-state index in [0.717, 1.165) is 23.5 Å². The molecule has 3 aromatic rings. The van der Waals surface area contributed by atoms with Gasteiger partial charge in [0.25, 0.3) is 0 Å². The standard InChI is InChI=1S/C24H22F6N2O2/c25-23(26,27)17-12-15(13-18(14-17)24(28,29)30)6-10-33-22-20(16-4-2-1-3-5-16)19(7-11-34-22)21-31-8-9-32-21/h1-5,8-9,12-14,19-20,22H,6-7,10-11H2,(H,31,32)/t19-,20+,22+/m1/s1. The second-order valence-electron chi connectivity index (χ2n) is 8.08. The molecule has 1 aromatic heterocycles. The molecule has 0 spiro atoms. The van der Waals surface area contributed by atoms with Gasteiger partial charge in [-0.15, -0.1) is 0 Å². The number of alkyl halides is 6. The minimum atomic E-state index is -4.89. The van der Waals surface area contributed by atoms with Crippen LogP contribution in [0.25, 0.3) is 0 Å². The van der Waals surface area contributed by atoms with E-state index < -0.39 is 29.8 Å². The molecule has 1 fully saturated rings. The molecule has 3 atom stereocenters. The largest absolute Gasteiger partial charge is 0.416 e. The molecule has 4 rings (SSSR count). The maximum Gasteiger partial charge on any atom is 0.416 e. The lowest BCUT2D eigenvalue weighted by Crippen LogP contribution is -2.36. The van der Waals surface area contributed by atoms with Crippen molar-refractivity contribution in [2.45, 2.75) is 43.3 Å². The summed E-state index contributed by atoms with van der Waals surface area (Å²) in [5.41, 5.74) is -1.86. The number of imidazole rings is 1. The lowest BCUT2D eigenvalue weighted by molar-refractivity contribution is -0.179. The Bertz CT molecular complexity index is 1040. The van der Waals surface area contributed by atoms with Crippen LogP contribution in [0.1, 0.15) is 46.3 Å². The highest BCUT2D eigenvalue weighted by Gasteiger charge is 2.39. The fraction of sp³-hybridized carbons (Fsp3) is 0.375. The highest BCUT2D eigenvalue weighted by atomic mass is 19.4. The van der Waals surface area contributed by atoms with Gasteiger partial charge in [-0.05, 0) is 42.2 Å². The summed E-state index contributed by atoms with van der Waals surface area (Å²) in [5, 5.41) is 0. The van der Waals surface area contributed by atoms with E-state index >= 15 is 0 Å². The zero-order chi connectivity index (χ0) is 24.3. The van der Waals surface area contributed by atoms with Gasteiger partial charge in [-0.1, -0.05) is 30.3 Å². The fourth-order valence-corrected chi connectivity index (χ4v) is 4.24. The molecule has 1 saturated heterocycles. The van der Waals surface area contributed by atoms with E-state index in [1.807, 2.05) is 30.3 Å². The lowest BCUT2D eigenvalue weighted by Gasteiger charge is -2.37. The first kappa shape index (κ1) is 24.3. The van der Waals surface area contributed by atoms with Crippen LogP contribution < -0.4 is 0 Å². The van der Waals surface area contributed by atoms with Crippen molar-refractivity contribution in [3.8, 4) is 0 Å². The Hall–Kier alpha value is -2.85. The second-order valence-corrected chi connectivity index (χ2v) is 8.08. The molecule has 1 aliphatic heterocycles. The Labute approximate surface area is 191 Å². The topological polar surface area (TPSA) is 47.1 Å². The van der Waals surface area contributed by atoms with Crippen LogP contribution in [-0.4, -0.2) is 29.5 Å². The highest BCUT2D eigenvalue weighted by Crippen LogP contribution is 2.42. The molecule has 34 heavy (non-hydrogen) atoms. The maximum atomic E-state index is 13.1. The van der Waals surface area contributed by atoms with Crippen LogP contribution in [0.2, 0.25) is 0 Å². The molecule has 1 N–H and O–H groups in total. The monoisotopic (exact) mass is 484 g/mol. The van der Waals surface area contributed by atoms with Gasteiger partial charge in [-0.2, -0.15) is 26.3 Å². The van der Waals surface area contributed by atoms with Gasteiger partial charge in [0.15, 0.2) is 6.29 Å². The van der Waals surface area contributed by atoms with Crippen molar-refractivity contribution < 1.29 is 35.8 Å². The molecular formula is C24H22F6N2O2. The van der Waals surface area contributed by atoms with Crippen LogP contribution in [0.5, 0.6) is 0 Å². The lowest BCUT2D eigenvalue weighted by atomic mass is 9.81. The van der Waals surface area contributed by atoms with Crippen molar-refractivity contribution in [3.05, 3.63) is 89.0 Å². The Morgan fingerprint density at radius 1 is 0.971 bits per heavy atom. The van der Waals surface area contributed by atoms with E-state index in [-0.39, 0.29) is 36.5 Å². The Balaban J connectivity index is 1.53. The van der Waals surface area contributed by atoms with Crippen molar-refractivity contribution >= 4 is 0 Å². The molecule has 2 aromatic carbocycles. The van der Waals surface area contributed by atoms with E-state index in [1.54, 1.807) is 12.4 Å². The second kappa shape index (κ2) is 9.79. The summed E-state index contributed by atoms with van der Waals surface area (Å²) >= 11 is 0. The summed E-state index contributed by atoms with van der Waals surface area (Å²) in [5.74, 6) is 0.452. The molecule has 0 bridgehead atoms. The summed E-state index contributed by atoms with van der Waals surface area (Å²) in [6.45, 7) is 0.263. The summed E-state index contributed by atoms with van der Waals surface area (Å²) in [4.78, 5) is 7.48. The molecule has 1 aliphatic rings. The normalized spacial score (nSPS) is 21.5. The first-order chi connectivity index (χ1) is 16.1. The molecule has 4 nitrogen and oxygen atoms in total. The van der Waals surface area contributed by atoms with Crippen LogP contribution in [0.3, 0.4) is 0 Å². The minimum absolute atomic E-state index is 0.0541. The van der Waals surface area contributed by atoms with Crippen molar-refractivity contribution in [1.29, 1.82) is 0 Å². The molecule has 0 unspecified atom stereocenters. The molecule has 0 aliphatic carbocycles. The SMILES string of the molecule is FC(F)(F)c1cc(CCO[C@H]2OCC[C@@H](c3ncc[nH]3)[C@@H]2c2ccccc2)cc(C(F)(F)F)c1. The van der Waals surface area contributed by atoms with E-state index in [1.165, 1.54) is 0 Å². The summed E-state index contributed by atoms with van der Waals surface area (Å²) in [6, 6.07) is 11.0. The van der Waals surface area contributed by atoms with E-state index in [9.17, 15) is 26.3 Å². The third kappa shape index (κ3) is 5.61. The van der Waals surface area contributed by atoms with Gasteiger partial charge in [0.2, 0.25) is 0 Å². The maximum absolute atomic E-state index is 13.1. The number of hydrogen-bond donors (Lipinski definition) is 1. The number of nitrogens with one attached hydrogen (secondary N) is 1. The van der Waals surface area contributed by atoms with Gasteiger partial charge in [0, 0.05) is 24.2 Å². The number of rotatable bonds is 6. The number of ether oxygens (including phenoxy) is 2. The summed E-state index contributed by atoms with van der Waals surface area (Å²) in [6.07, 6.45) is -6.62. The zero-order valence-corrected chi connectivity index (χ0v) is 17.9. The third-order valence-electron chi connectivity index (χ3n) is 5.81. The molecule has 0 saturated carbocycles. The van der Waals surface area contributed by atoms with Gasteiger partial charge in [-0.3, -0.25) is 0 Å². The number of nitrogens with zero attached hydrogens (tertiary/aromatic N) is 1. The number of aromatic amines is 1. The highest BCUT2D eigenvalue weighted by molar-refractivity contribution is 5.34. The van der Waals surface area contributed by atoms with Gasteiger partial charge >= 0.3 is 12.4 Å². The Kier molecular flexibility index (Phi) is 6.99. The van der Waals surface area contributed by atoms with Gasteiger partial charge < -0.3 is 14.5 Å². The van der Waals surface area contributed by atoms with Gasteiger partial charge in [0.05, 0.1) is 24.3 Å². The zero-order valence-electron chi connectivity index (χ0n) is 17.9. The number of hydrogen-bond acceptors (Lipinski definition) is 3. The van der Waals surface area contributed by atoms with Crippen molar-refractivity contribution in [2.75, 3.05) is 13.2 Å². The Morgan fingerprint density at radius 3 is 2.24 bits per heavy atom. The smallest absolute Gasteiger partial charge is 0.352 e. The average molecular weight is 484 g/mol. The summed E-state index contributed by atoms with van der Waals surface area (Å²) in [7, 11) is 0. The van der Waals surface area contributed by atoms with Crippen LogP contribution >= 0.6 is 0 Å². The first-order valence-corrected chi connectivity index (χ1v) is 10.7. The molecule has 10 heteroatoms. The van der Waals surface area contributed by atoms with Crippen molar-refractivity contribution in [2.24, 2.45) is 0 Å². The summed E-state index contributed by atoms with van der Waals surface area (Å²) < 4.78 is 90.6. The van der Waals surface area contributed by atoms with Crippen LogP contribution in [0.4, 0.5) is 26.3 Å². The average Bonchev–Trinajstić information content (AvgIpc) is 3.33. The molecule has 2 heterocycles. The quantitative estimate of drug-likeness (QED) is 0.417. The number of H-pyrrole nitrogens is 1. The van der Waals surface area contributed by atoms with Crippen LogP contribution in [0, 0.1) is 0 Å². The fourth-order valence-electron chi connectivity index (χ4n) is 4.24. The van der Waals surface area contributed by atoms with Crippen LogP contribution in [0.15, 0.2) is 60.9 Å². The minimum Gasteiger partial charge on any atom is -0.352 e. The molecular weight excluding hydrogens is 462 g/mol. The van der Waals surface area contributed by atoms with Gasteiger partial charge in [-0.25, -0.2) is 4.98 Å². The first-order valence-electron chi connectivity index (χ1n) is 10.7. The Morgan fingerprint density at radius 2 is 1.65 bits per heavy atom. The van der Waals surface area contributed by atoms with Crippen molar-refractivity contribution in [1.82, 2.24) is 9.97 Å². The molecule has 182 valence electrons. The van der Waals surface area contributed by atoms with E-state index in [0.29, 0.717) is 13.0 Å². The van der Waals surface area contributed by atoms with Crippen LogP contribution in [-0.2, 0) is 28.2 Å². The predicted molar refractivity (Wildman–Crippen MR) is 111 cm³/mol. The molecule has 0 amide bonds. The molecule has 0 radical (unpaired) electrons. The van der Waals surface area contributed by atoms with Crippen molar-refractivity contribution in [3.63, 3.8) is 0 Å². The predicted octanol–water partition coefficient (Wildman–Crippen LogP) is 6.32.